The number of aliphatic imine (C=N–C) groups is 1. The largest absolute Gasteiger partial charge is 0.393 e. The zero-order valence-corrected chi connectivity index (χ0v) is 13.7. The lowest BCUT2D eigenvalue weighted by Gasteiger charge is -2.29. The van der Waals surface area contributed by atoms with Crippen LogP contribution >= 0.6 is 0 Å². The molecule has 3 atom stereocenters. The Morgan fingerprint density at radius 3 is 2.00 bits per heavy atom. The summed E-state index contributed by atoms with van der Waals surface area (Å²) >= 11 is 0. The van der Waals surface area contributed by atoms with Gasteiger partial charge in [0.05, 0.1) is 17.9 Å². The highest BCUT2D eigenvalue weighted by molar-refractivity contribution is 6.13. The Hall–Kier alpha value is -2.44. The number of rotatable bonds is 4. The molecule has 1 N–H and O–H groups in total. The predicted molar refractivity (Wildman–Crippen MR) is 95.9 cm³/mol. The van der Waals surface area contributed by atoms with Gasteiger partial charge in [0.25, 0.3) is 0 Å². The molecule has 122 valence electrons. The zero-order chi connectivity index (χ0) is 16.8. The molecule has 1 aliphatic carbocycles. The third-order valence-corrected chi connectivity index (χ3v) is 4.68. The lowest BCUT2D eigenvalue weighted by molar-refractivity contribution is 0.0650. The minimum absolute atomic E-state index is 0.0776. The fourth-order valence-electron chi connectivity index (χ4n) is 3.38. The highest BCUT2D eigenvalue weighted by Crippen LogP contribution is 2.29. The molecule has 1 fully saturated rings. The van der Waals surface area contributed by atoms with E-state index in [2.05, 4.69) is 6.07 Å². The molecule has 3 nitrogen and oxygen atoms in total. The van der Waals surface area contributed by atoms with Crippen LogP contribution in [0.3, 0.4) is 0 Å². The monoisotopic (exact) mass is 318 g/mol. The molecule has 3 heteroatoms. The van der Waals surface area contributed by atoms with Crippen molar-refractivity contribution in [1.82, 2.24) is 0 Å². The first-order valence-corrected chi connectivity index (χ1v) is 8.56. The average molecular weight is 318 g/mol. The number of nitriles is 1. The average Bonchev–Trinajstić information content (AvgIpc) is 2.65. The van der Waals surface area contributed by atoms with Crippen LogP contribution in [0.5, 0.6) is 0 Å². The van der Waals surface area contributed by atoms with Crippen LogP contribution in [0.25, 0.3) is 0 Å². The summed E-state index contributed by atoms with van der Waals surface area (Å²) < 4.78 is 0. The Balaban J connectivity index is 2.01. The molecule has 2 aromatic carbocycles. The van der Waals surface area contributed by atoms with E-state index in [4.69, 9.17) is 4.99 Å². The highest BCUT2D eigenvalue weighted by atomic mass is 16.3. The molecular formula is C21H22N2O. The molecular weight excluding hydrogens is 296 g/mol. The van der Waals surface area contributed by atoms with Gasteiger partial charge in [-0.15, -0.1) is 0 Å². The summed E-state index contributed by atoms with van der Waals surface area (Å²) in [7, 11) is 0. The number of nitrogens with zero attached hydrogens (tertiary/aromatic N) is 2. The van der Waals surface area contributed by atoms with Crippen molar-refractivity contribution in [3.05, 3.63) is 71.8 Å². The molecule has 24 heavy (non-hydrogen) atoms. The maximum atomic E-state index is 10.3. The van der Waals surface area contributed by atoms with Crippen molar-refractivity contribution < 1.29 is 5.11 Å². The summed E-state index contributed by atoms with van der Waals surface area (Å²) in [6, 6.07) is 21.7. The van der Waals surface area contributed by atoms with Crippen LogP contribution in [0, 0.1) is 17.2 Å². The zero-order valence-electron chi connectivity index (χ0n) is 13.7. The molecule has 0 radical (unpaired) electrons. The molecule has 1 aliphatic rings. The van der Waals surface area contributed by atoms with Crippen LogP contribution in [-0.2, 0) is 0 Å². The Morgan fingerprint density at radius 2 is 1.50 bits per heavy atom. The van der Waals surface area contributed by atoms with E-state index in [-0.39, 0.29) is 5.92 Å². The van der Waals surface area contributed by atoms with Gasteiger partial charge in [-0.05, 0) is 12.8 Å². The van der Waals surface area contributed by atoms with Gasteiger partial charge in [-0.3, -0.25) is 4.99 Å². The second kappa shape index (κ2) is 7.90. The molecule has 1 saturated carbocycles. The minimum atomic E-state index is -0.518. The van der Waals surface area contributed by atoms with E-state index in [1.54, 1.807) is 0 Å². The van der Waals surface area contributed by atoms with Gasteiger partial charge in [-0.1, -0.05) is 73.5 Å². The first-order chi connectivity index (χ1) is 11.8. The van der Waals surface area contributed by atoms with Crippen LogP contribution in [0.2, 0.25) is 0 Å². The Morgan fingerprint density at radius 1 is 0.958 bits per heavy atom. The molecule has 0 heterocycles. The van der Waals surface area contributed by atoms with Gasteiger partial charge in [-0.25, -0.2) is 0 Å². The Labute approximate surface area is 143 Å². The van der Waals surface area contributed by atoms with Crippen LogP contribution in [0.4, 0.5) is 0 Å². The number of benzene rings is 2. The standard InChI is InChI=1S/C21H22N2O/c22-15-19(18-13-7-8-14-20(18)24)23-21(16-9-3-1-4-10-16)17-11-5-2-6-12-17/h1-6,9-12,18-20,24H,7-8,13-14H2/t18-,19?,20+/m1/s1. The van der Waals surface area contributed by atoms with Crippen molar-refractivity contribution in [3.8, 4) is 6.07 Å². The molecule has 0 bridgehead atoms. The van der Waals surface area contributed by atoms with Crippen molar-refractivity contribution in [2.45, 2.75) is 37.8 Å². The summed E-state index contributed by atoms with van der Waals surface area (Å²) in [6.07, 6.45) is 3.29. The van der Waals surface area contributed by atoms with Gasteiger partial charge in [-0.2, -0.15) is 5.26 Å². The topological polar surface area (TPSA) is 56.4 Å². The summed E-state index contributed by atoms with van der Waals surface area (Å²) in [5.41, 5.74) is 2.81. The van der Waals surface area contributed by atoms with Crippen molar-refractivity contribution >= 4 is 5.71 Å². The third-order valence-electron chi connectivity index (χ3n) is 4.68. The second-order valence-electron chi connectivity index (χ2n) is 6.30. The number of hydrogen-bond donors (Lipinski definition) is 1. The maximum Gasteiger partial charge on any atom is 0.142 e. The number of hydrogen-bond acceptors (Lipinski definition) is 3. The summed E-state index contributed by atoms with van der Waals surface area (Å²) in [5.74, 6) is -0.0776. The molecule has 0 saturated heterocycles. The van der Waals surface area contributed by atoms with Crippen molar-refractivity contribution in [2.75, 3.05) is 0 Å². The van der Waals surface area contributed by atoms with Gasteiger partial charge in [0.1, 0.15) is 6.04 Å². The fraction of sp³-hybridized carbons (Fsp3) is 0.333. The molecule has 0 aliphatic heterocycles. The third kappa shape index (κ3) is 3.72. The van der Waals surface area contributed by atoms with Crippen LogP contribution in [0.15, 0.2) is 65.7 Å². The maximum absolute atomic E-state index is 10.3. The van der Waals surface area contributed by atoms with E-state index in [1.807, 2.05) is 60.7 Å². The van der Waals surface area contributed by atoms with Crippen LogP contribution in [-0.4, -0.2) is 23.0 Å². The van der Waals surface area contributed by atoms with Gasteiger partial charge < -0.3 is 5.11 Å². The normalized spacial score (nSPS) is 21.5. The fourth-order valence-corrected chi connectivity index (χ4v) is 3.38. The minimum Gasteiger partial charge on any atom is -0.393 e. The smallest absolute Gasteiger partial charge is 0.142 e. The highest BCUT2D eigenvalue weighted by Gasteiger charge is 2.31. The molecule has 2 aromatic rings. The van der Waals surface area contributed by atoms with Crippen LogP contribution < -0.4 is 0 Å². The first-order valence-electron chi connectivity index (χ1n) is 8.56. The van der Waals surface area contributed by atoms with Gasteiger partial charge in [0, 0.05) is 17.0 Å². The quantitative estimate of drug-likeness (QED) is 0.867. The molecule has 3 rings (SSSR count). The van der Waals surface area contributed by atoms with Crippen molar-refractivity contribution in [1.29, 1.82) is 5.26 Å². The van der Waals surface area contributed by atoms with E-state index < -0.39 is 12.1 Å². The molecule has 0 spiro atoms. The van der Waals surface area contributed by atoms with Crippen molar-refractivity contribution in [3.63, 3.8) is 0 Å². The molecule has 1 unspecified atom stereocenters. The van der Waals surface area contributed by atoms with Gasteiger partial charge >= 0.3 is 0 Å². The van der Waals surface area contributed by atoms with E-state index in [1.165, 1.54) is 0 Å². The SMILES string of the molecule is N#CC(N=C(c1ccccc1)c1ccccc1)[C@H]1CCCC[C@@H]1O. The summed E-state index contributed by atoms with van der Waals surface area (Å²) in [6.45, 7) is 0. The lowest BCUT2D eigenvalue weighted by atomic mass is 9.82. The van der Waals surface area contributed by atoms with E-state index in [0.29, 0.717) is 0 Å². The second-order valence-corrected chi connectivity index (χ2v) is 6.30. The predicted octanol–water partition coefficient (Wildman–Crippen LogP) is 3.97. The summed E-state index contributed by atoms with van der Waals surface area (Å²) in [4.78, 5) is 4.80. The number of aliphatic hydroxyl groups is 1. The Kier molecular flexibility index (Phi) is 5.40. The van der Waals surface area contributed by atoms with E-state index in [0.717, 1.165) is 42.5 Å². The molecule has 0 amide bonds. The van der Waals surface area contributed by atoms with E-state index in [9.17, 15) is 10.4 Å². The number of aliphatic hydroxyl groups excluding tert-OH is 1. The molecule has 0 aromatic heterocycles. The van der Waals surface area contributed by atoms with Crippen molar-refractivity contribution in [2.24, 2.45) is 10.9 Å². The van der Waals surface area contributed by atoms with E-state index >= 15 is 0 Å². The van der Waals surface area contributed by atoms with Crippen LogP contribution in [0.1, 0.15) is 36.8 Å². The van der Waals surface area contributed by atoms with Gasteiger partial charge in [0.15, 0.2) is 0 Å². The Bertz CT molecular complexity index is 677. The first kappa shape index (κ1) is 16.4. The lowest BCUT2D eigenvalue weighted by Crippen LogP contribution is -2.33. The summed E-state index contributed by atoms with van der Waals surface area (Å²) in [5, 5.41) is 20.0. The van der Waals surface area contributed by atoms with Gasteiger partial charge in [0.2, 0.25) is 0 Å².